The summed E-state index contributed by atoms with van der Waals surface area (Å²) in [6.07, 6.45) is 0. The zero-order valence-corrected chi connectivity index (χ0v) is 16.6. The maximum absolute atomic E-state index is 12.1. The van der Waals surface area contributed by atoms with Gasteiger partial charge in [0.2, 0.25) is 5.91 Å². The second-order valence-electron chi connectivity index (χ2n) is 7.34. The molecule has 0 aliphatic rings. The van der Waals surface area contributed by atoms with Gasteiger partial charge in [0.15, 0.2) is 0 Å². The van der Waals surface area contributed by atoms with E-state index in [0.717, 1.165) is 5.69 Å². The van der Waals surface area contributed by atoms with E-state index in [9.17, 15) is 14.4 Å². The van der Waals surface area contributed by atoms with Crippen LogP contribution in [-0.4, -0.2) is 36.9 Å². The number of anilines is 2. The van der Waals surface area contributed by atoms with Crippen LogP contribution in [0, 0.1) is 0 Å². The second-order valence-corrected chi connectivity index (χ2v) is 7.34. The van der Waals surface area contributed by atoms with Gasteiger partial charge in [-0.05, 0) is 69.3 Å². The minimum absolute atomic E-state index is 0.0750. The number of rotatable bonds is 6. The highest BCUT2D eigenvalue weighted by atomic mass is 16.2. The number of carbonyl (C=O) groups is 3. The highest BCUT2D eigenvalue weighted by Gasteiger charge is 2.15. The molecule has 7 nitrogen and oxygen atoms in total. The van der Waals surface area contributed by atoms with Crippen molar-refractivity contribution in [2.75, 3.05) is 24.2 Å². The summed E-state index contributed by atoms with van der Waals surface area (Å²) in [7, 11) is 1.57. The molecule has 0 aliphatic heterocycles. The highest BCUT2D eigenvalue weighted by Crippen LogP contribution is 2.12. The Labute approximate surface area is 164 Å². The standard InChI is InChI=1S/C21H26N4O3/c1-21(2,3)25-20(28)15-7-11-17(12-8-15)24-18(26)13-23-16-9-5-14(6-10-16)19(27)22-4/h5-12,23H,13H2,1-4H3,(H,22,27)(H,24,26)(H,25,28). The molecular formula is C21H26N4O3. The predicted octanol–water partition coefficient (Wildman–Crippen LogP) is 2.63. The first-order valence-electron chi connectivity index (χ1n) is 8.96. The van der Waals surface area contributed by atoms with Gasteiger partial charge in [-0.25, -0.2) is 0 Å². The monoisotopic (exact) mass is 382 g/mol. The van der Waals surface area contributed by atoms with E-state index in [2.05, 4.69) is 21.3 Å². The van der Waals surface area contributed by atoms with Gasteiger partial charge >= 0.3 is 0 Å². The number of hydrogen-bond donors (Lipinski definition) is 4. The minimum Gasteiger partial charge on any atom is -0.376 e. The molecule has 0 aromatic heterocycles. The van der Waals surface area contributed by atoms with E-state index in [4.69, 9.17) is 0 Å². The van der Waals surface area contributed by atoms with E-state index in [0.29, 0.717) is 16.8 Å². The van der Waals surface area contributed by atoms with Crippen molar-refractivity contribution in [2.45, 2.75) is 26.3 Å². The number of hydrogen-bond acceptors (Lipinski definition) is 4. The van der Waals surface area contributed by atoms with E-state index >= 15 is 0 Å². The van der Waals surface area contributed by atoms with Gasteiger partial charge < -0.3 is 21.3 Å². The van der Waals surface area contributed by atoms with Gasteiger partial charge in [-0.3, -0.25) is 14.4 Å². The lowest BCUT2D eigenvalue weighted by molar-refractivity contribution is -0.114. The van der Waals surface area contributed by atoms with Crippen LogP contribution in [0.5, 0.6) is 0 Å². The minimum atomic E-state index is -0.311. The maximum atomic E-state index is 12.1. The van der Waals surface area contributed by atoms with Gasteiger partial charge in [0.1, 0.15) is 0 Å². The van der Waals surface area contributed by atoms with Crippen molar-refractivity contribution in [3.8, 4) is 0 Å². The fraction of sp³-hybridized carbons (Fsp3) is 0.286. The summed E-state index contributed by atoms with van der Waals surface area (Å²) < 4.78 is 0. The zero-order chi connectivity index (χ0) is 20.7. The molecular weight excluding hydrogens is 356 g/mol. The molecule has 0 fully saturated rings. The summed E-state index contributed by atoms with van der Waals surface area (Å²) in [6.45, 7) is 5.82. The van der Waals surface area contributed by atoms with Crippen molar-refractivity contribution in [3.63, 3.8) is 0 Å². The van der Waals surface area contributed by atoms with Gasteiger partial charge in [-0.1, -0.05) is 0 Å². The third kappa shape index (κ3) is 6.42. The fourth-order valence-electron chi connectivity index (χ4n) is 2.39. The van der Waals surface area contributed by atoms with Crippen molar-refractivity contribution in [1.82, 2.24) is 10.6 Å². The number of nitrogens with one attached hydrogen (secondary N) is 4. The summed E-state index contributed by atoms with van der Waals surface area (Å²) in [5.41, 5.74) is 2.11. The third-order valence-corrected chi connectivity index (χ3v) is 3.75. The van der Waals surface area contributed by atoms with Gasteiger partial charge in [0.25, 0.3) is 11.8 Å². The Morgan fingerprint density at radius 2 is 1.29 bits per heavy atom. The number of benzene rings is 2. The van der Waals surface area contributed by atoms with Crippen LogP contribution >= 0.6 is 0 Å². The summed E-state index contributed by atoms with van der Waals surface area (Å²) in [5.74, 6) is -0.543. The lowest BCUT2D eigenvalue weighted by Crippen LogP contribution is -2.40. The smallest absolute Gasteiger partial charge is 0.251 e. The largest absolute Gasteiger partial charge is 0.376 e. The quantitative estimate of drug-likeness (QED) is 0.617. The van der Waals surface area contributed by atoms with Crippen LogP contribution in [-0.2, 0) is 4.79 Å². The molecule has 0 atom stereocenters. The molecule has 148 valence electrons. The second kappa shape index (κ2) is 9.03. The Bertz CT molecular complexity index is 837. The highest BCUT2D eigenvalue weighted by molar-refractivity contribution is 5.97. The molecule has 0 aliphatic carbocycles. The molecule has 0 unspecified atom stereocenters. The zero-order valence-electron chi connectivity index (χ0n) is 16.6. The molecule has 0 spiro atoms. The van der Waals surface area contributed by atoms with Crippen LogP contribution in [0.2, 0.25) is 0 Å². The summed E-state index contributed by atoms with van der Waals surface area (Å²) in [4.78, 5) is 35.7. The van der Waals surface area contributed by atoms with Gasteiger partial charge in [-0.2, -0.15) is 0 Å². The molecule has 7 heteroatoms. The molecule has 0 radical (unpaired) electrons. The van der Waals surface area contributed by atoms with Crippen LogP contribution in [0.1, 0.15) is 41.5 Å². The summed E-state index contributed by atoms with van der Waals surface area (Å²) >= 11 is 0. The lowest BCUT2D eigenvalue weighted by atomic mass is 10.1. The topological polar surface area (TPSA) is 99.3 Å². The van der Waals surface area contributed by atoms with E-state index in [1.165, 1.54) is 0 Å². The van der Waals surface area contributed by atoms with Crippen molar-refractivity contribution in [1.29, 1.82) is 0 Å². The van der Waals surface area contributed by atoms with Crippen LogP contribution in [0.15, 0.2) is 48.5 Å². The van der Waals surface area contributed by atoms with E-state index in [-0.39, 0.29) is 29.8 Å². The van der Waals surface area contributed by atoms with E-state index in [1.807, 2.05) is 20.8 Å². The molecule has 0 saturated carbocycles. The summed E-state index contributed by atoms with van der Waals surface area (Å²) in [6, 6.07) is 13.5. The van der Waals surface area contributed by atoms with Crippen molar-refractivity contribution >= 4 is 29.1 Å². The van der Waals surface area contributed by atoms with E-state index < -0.39 is 0 Å². The Hall–Kier alpha value is -3.35. The molecule has 0 heterocycles. The Morgan fingerprint density at radius 1 is 0.786 bits per heavy atom. The molecule has 0 saturated heterocycles. The molecule has 4 N–H and O–H groups in total. The maximum Gasteiger partial charge on any atom is 0.251 e. The number of amides is 3. The lowest BCUT2D eigenvalue weighted by Gasteiger charge is -2.20. The van der Waals surface area contributed by atoms with Crippen molar-refractivity contribution in [3.05, 3.63) is 59.7 Å². The molecule has 0 bridgehead atoms. The first-order chi connectivity index (χ1) is 13.2. The molecule has 3 amide bonds. The van der Waals surface area contributed by atoms with Gasteiger partial charge in [0.05, 0.1) is 6.54 Å². The molecule has 2 rings (SSSR count). The van der Waals surface area contributed by atoms with E-state index in [1.54, 1.807) is 55.6 Å². The fourth-order valence-corrected chi connectivity index (χ4v) is 2.39. The first-order valence-corrected chi connectivity index (χ1v) is 8.96. The summed E-state index contributed by atoms with van der Waals surface area (Å²) in [5, 5.41) is 11.2. The predicted molar refractivity (Wildman–Crippen MR) is 111 cm³/mol. The Balaban J connectivity index is 1.86. The Kier molecular flexibility index (Phi) is 6.76. The van der Waals surface area contributed by atoms with Crippen LogP contribution in [0.3, 0.4) is 0 Å². The normalized spacial score (nSPS) is 10.7. The van der Waals surface area contributed by atoms with Crippen LogP contribution < -0.4 is 21.3 Å². The third-order valence-electron chi connectivity index (χ3n) is 3.75. The van der Waals surface area contributed by atoms with Crippen molar-refractivity contribution < 1.29 is 14.4 Å². The molecule has 2 aromatic rings. The van der Waals surface area contributed by atoms with Crippen LogP contribution in [0.25, 0.3) is 0 Å². The van der Waals surface area contributed by atoms with Crippen molar-refractivity contribution in [2.24, 2.45) is 0 Å². The number of carbonyl (C=O) groups excluding carboxylic acids is 3. The molecule has 2 aromatic carbocycles. The first kappa shape index (κ1) is 21.0. The SMILES string of the molecule is CNC(=O)c1ccc(NCC(=O)Nc2ccc(C(=O)NC(C)(C)C)cc2)cc1. The molecule has 28 heavy (non-hydrogen) atoms. The average molecular weight is 382 g/mol. The Morgan fingerprint density at radius 3 is 1.79 bits per heavy atom. The van der Waals surface area contributed by atoms with Crippen LogP contribution in [0.4, 0.5) is 11.4 Å². The van der Waals surface area contributed by atoms with Gasteiger partial charge in [0, 0.05) is 35.1 Å². The average Bonchev–Trinajstić information content (AvgIpc) is 2.65. The van der Waals surface area contributed by atoms with Gasteiger partial charge in [-0.15, -0.1) is 0 Å².